The molecule has 1 aliphatic rings. The lowest BCUT2D eigenvalue weighted by Gasteiger charge is -2.07. The summed E-state index contributed by atoms with van der Waals surface area (Å²) in [4.78, 5) is 23.9. The van der Waals surface area contributed by atoms with E-state index in [0.29, 0.717) is 16.8 Å². The van der Waals surface area contributed by atoms with E-state index in [9.17, 15) is 9.59 Å². The number of nitrogens with one attached hydrogen (secondary N) is 1. The van der Waals surface area contributed by atoms with Crippen molar-refractivity contribution in [3.05, 3.63) is 63.6 Å². The molecule has 0 saturated heterocycles. The quantitative estimate of drug-likeness (QED) is 0.616. The molecule has 0 fully saturated rings. The van der Waals surface area contributed by atoms with E-state index in [1.165, 1.54) is 0 Å². The normalized spacial score (nSPS) is 16.7. The third kappa shape index (κ3) is 2.21. The van der Waals surface area contributed by atoms with Crippen LogP contribution in [-0.2, 0) is 4.79 Å². The Morgan fingerprint density at radius 3 is 2.50 bits per heavy atom. The van der Waals surface area contributed by atoms with Gasteiger partial charge in [-0.3, -0.25) is 9.59 Å². The number of rotatable bonds is 2. The molecular formula is C15H9Br2NO2. The lowest BCUT2D eigenvalue weighted by molar-refractivity contribution is -0.115. The van der Waals surface area contributed by atoms with Crippen molar-refractivity contribution in [2.75, 3.05) is 5.32 Å². The van der Waals surface area contributed by atoms with E-state index >= 15 is 0 Å². The summed E-state index contributed by atoms with van der Waals surface area (Å²) in [7, 11) is 0. The summed E-state index contributed by atoms with van der Waals surface area (Å²) in [5, 5.41) is 2.76. The summed E-state index contributed by atoms with van der Waals surface area (Å²) in [6, 6.07) is 12.5. The molecule has 0 aromatic heterocycles. The fourth-order valence-corrected chi connectivity index (χ4v) is 2.95. The van der Waals surface area contributed by atoms with Crippen molar-refractivity contribution in [2.45, 2.75) is 4.83 Å². The minimum Gasteiger partial charge on any atom is -0.324 e. The number of anilines is 1. The number of alkyl halides is 1. The van der Waals surface area contributed by atoms with Crippen LogP contribution in [0.1, 0.15) is 26.3 Å². The number of carbonyl (C=O) groups excluding carboxylic acids is 2. The number of para-hydroxylation sites is 1. The van der Waals surface area contributed by atoms with E-state index in [-0.39, 0.29) is 11.7 Å². The van der Waals surface area contributed by atoms with Gasteiger partial charge in [0, 0.05) is 15.6 Å². The van der Waals surface area contributed by atoms with Crippen molar-refractivity contribution >= 4 is 49.2 Å². The molecule has 20 heavy (non-hydrogen) atoms. The minimum atomic E-state index is -0.393. The van der Waals surface area contributed by atoms with Crippen LogP contribution in [-0.4, -0.2) is 11.7 Å². The van der Waals surface area contributed by atoms with E-state index < -0.39 is 4.83 Å². The third-order valence-electron chi connectivity index (χ3n) is 3.20. The van der Waals surface area contributed by atoms with Crippen molar-refractivity contribution < 1.29 is 9.59 Å². The van der Waals surface area contributed by atoms with Gasteiger partial charge in [0.1, 0.15) is 4.83 Å². The number of amides is 1. The van der Waals surface area contributed by atoms with Crippen LogP contribution in [0.3, 0.4) is 0 Å². The zero-order valence-electron chi connectivity index (χ0n) is 10.2. The van der Waals surface area contributed by atoms with Crippen molar-refractivity contribution in [3.63, 3.8) is 0 Å². The van der Waals surface area contributed by atoms with E-state index in [1.54, 1.807) is 24.3 Å². The molecule has 2 aromatic carbocycles. The first-order valence-corrected chi connectivity index (χ1v) is 7.67. The average Bonchev–Trinajstić information content (AvgIpc) is 2.74. The van der Waals surface area contributed by atoms with Gasteiger partial charge in [0.25, 0.3) is 0 Å². The van der Waals surface area contributed by atoms with Gasteiger partial charge < -0.3 is 5.32 Å². The Bertz CT molecular complexity index is 710. The van der Waals surface area contributed by atoms with Gasteiger partial charge in [-0.2, -0.15) is 0 Å². The van der Waals surface area contributed by atoms with Gasteiger partial charge in [0.2, 0.25) is 5.91 Å². The first-order valence-electron chi connectivity index (χ1n) is 5.96. The molecule has 0 spiro atoms. The molecule has 1 heterocycles. The molecule has 100 valence electrons. The topological polar surface area (TPSA) is 46.2 Å². The molecule has 0 saturated carbocycles. The Balaban J connectivity index is 2.06. The largest absolute Gasteiger partial charge is 0.324 e. The molecule has 1 N–H and O–H groups in total. The number of benzene rings is 2. The van der Waals surface area contributed by atoms with Crippen LogP contribution in [0.2, 0.25) is 0 Å². The molecule has 5 heteroatoms. The zero-order chi connectivity index (χ0) is 14.3. The fraction of sp³-hybridized carbons (Fsp3) is 0.0667. The third-order valence-corrected chi connectivity index (χ3v) is 4.64. The van der Waals surface area contributed by atoms with Crippen molar-refractivity contribution in [1.29, 1.82) is 0 Å². The first-order chi connectivity index (χ1) is 9.58. The highest BCUT2D eigenvalue weighted by molar-refractivity contribution is 9.10. The molecule has 2 aromatic rings. The second-order valence-electron chi connectivity index (χ2n) is 4.46. The predicted molar refractivity (Wildman–Crippen MR) is 84.3 cm³/mol. The van der Waals surface area contributed by atoms with Gasteiger partial charge >= 0.3 is 0 Å². The monoisotopic (exact) mass is 393 g/mol. The van der Waals surface area contributed by atoms with Gasteiger partial charge in [-0.1, -0.05) is 44.0 Å². The summed E-state index contributed by atoms with van der Waals surface area (Å²) >= 11 is 6.66. The van der Waals surface area contributed by atoms with Gasteiger partial charge in [0.05, 0.1) is 5.69 Å². The molecule has 0 aliphatic carbocycles. The van der Waals surface area contributed by atoms with Crippen LogP contribution in [0.5, 0.6) is 0 Å². The first kappa shape index (κ1) is 13.5. The number of fused-ring (bicyclic) bond motifs is 1. The van der Waals surface area contributed by atoms with E-state index in [2.05, 4.69) is 37.2 Å². The summed E-state index contributed by atoms with van der Waals surface area (Å²) in [6.45, 7) is 0. The molecule has 3 rings (SSSR count). The highest BCUT2D eigenvalue weighted by Crippen LogP contribution is 2.39. The Morgan fingerprint density at radius 1 is 1.10 bits per heavy atom. The van der Waals surface area contributed by atoms with Crippen molar-refractivity contribution in [3.8, 4) is 0 Å². The maximum atomic E-state index is 12.5. The lowest BCUT2D eigenvalue weighted by atomic mass is 9.99. The maximum absolute atomic E-state index is 12.5. The SMILES string of the molecule is O=C(c1ccc(Br)cc1)c1cccc2c1NC(=O)C2Br. The fourth-order valence-electron chi connectivity index (χ4n) is 2.19. The number of hydrogen-bond acceptors (Lipinski definition) is 2. The number of ketones is 1. The van der Waals surface area contributed by atoms with Gasteiger partial charge in [-0.15, -0.1) is 0 Å². The Labute approximate surface area is 132 Å². The highest BCUT2D eigenvalue weighted by atomic mass is 79.9. The maximum Gasteiger partial charge on any atom is 0.242 e. The summed E-state index contributed by atoms with van der Waals surface area (Å²) < 4.78 is 0.918. The van der Waals surface area contributed by atoms with Gasteiger partial charge in [-0.25, -0.2) is 0 Å². The van der Waals surface area contributed by atoms with Crippen LogP contribution >= 0.6 is 31.9 Å². The molecule has 3 nitrogen and oxygen atoms in total. The van der Waals surface area contributed by atoms with E-state index in [0.717, 1.165) is 10.0 Å². The highest BCUT2D eigenvalue weighted by Gasteiger charge is 2.31. The molecular weight excluding hydrogens is 386 g/mol. The average molecular weight is 395 g/mol. The number of halogens is 2. The molecule has 1 amide bonds. The molecule has 0 bridgehead atoms. The molecule has 1 aliphatic heterocycles. The number of carbonyl (C=O) groups is 2. The molecule has 1 atom stereocenters. The zero-order valence-corrected chi connectivity index (χ0v) is 13.4. The Kier molecular flexibility index (Phi) is 3.48. The van der Waals surface area contributed by atoms with Crippen molar-refractivity contribution in [2.24, 2.45) is 0 Å². The Morgan fingerprint density at radius 2 is 1.80 bits per heavy atom. The van der Waals surface area contributed by atoms with Gasteiger partial charge in [0.15, 0.2) is 5.78 Å². The lowest BCUT2D eigenvalue weighted by Crippen LogP contribution is -2.09. The second kappa shape index (κ2) is 5.14. The van der Waals surface area contributed by atoms with Gasteiger partial charge in [-0.05, 0) is 35.9 Å². The molecule has 1 unspecified atom stereocenters. The minimum absolute atomic E-state index is 0.101. The molecule has 0 radical (unpaired) electrons. The predicted octanol–water partition coefficient (Wildman–Crippen LogP) is 4.07. The number of hydrogen-bond donors (Lipinski definition) is 1. The van der Waals surface area contributed by atoms with Crippen LogP contribution in [0, 0.1) is 0 Å². The van der Waals surface area contributed by atoms with Crippen molar-refractivity contribution in [1.82, 2.24) is 0 Å². The Hall–Kier alpha value is -1.46. The smallest absolute Gasteiger partial charge is 0.242 e. The van der Waals surface area contributed by atoms with Crippen LogP contribution in [0.25, 0.3) is 0 Å². The summed E-state index contributed by atoms with van der Waals surface area (Å²) in [5.74, 6) is -0.243. The van der Waals surface area contributed by atoms with Crippen LogP contribution < -0.4 is 5.32 Å². The summed E-state index contributed by atoms with van der Waals surface area (Å²) in [5.41, 5.74) is 2.51. The van der Waals surface area contributed by atoms with Crippen LogP contribution in [0.4, 0.5) is 5.69 Å². The summed E-state index contributed by atoms with van der Waals surface area (Å²) in [6.07, 6.45) is 0. The van der Waals surface area contributed by atoms with E-state index in [4.69, 9.17) is 0 Å². The van der Waals surface area contributed by atoms with E-state index in [1.807, 2.05) is 18.2 Å². The second-order valence-corrected chi connectivity index (χ2v) is 6.29. The van der Waals surface area contributed by atoms with Crippen LogP contribution in [0.15, 0.2) is 46.9 Å². The standard InChI is InChI=1S/C15H9Br2NO2/c16-9-6-4-8(5-7-9)14(19)11-3-1-2-10-12(17)15(20)18-13(10)11/h1-7,12H,(H,18,20).